The summed E-state index contributed by atoms with van der Waals surface area (Å²) in [7, 11) is -3.23. The van der Waals surface area contributed by atoms with E-state index in [1.807, 2.05) is 0 Å². The van der Waals surface area contributed by atoms with Crippen molar-refractivity contribution in [2.45, 2.75) is 6.92 Å². The van der Waals surface area contributed by atoms with Gasteiger partial charge >= 0.3 is 0 Å². The maximum absolute atomic E-state index is 13.9. The van der Waals surface area contributed by atoms with E-state index < -0.39 is 15.8 Å². The van der Waals surface area contributed by atoms with Crippen LogP contribution in [-0.4, -0.2) is 56.0 Å². The van der Waals surface area contributed by atoms with Crippen LogP contribution < -0.4 is 0 Å². The van der Waals surface area contributed by atoms with Crippen molar-refractivity contribution < 1.29 is 17.6 Å². The molecule has 1 aliphatic heterocycles. The van der Waals surface area contributed by atoms with E-state index in [1.165, 1.54) is 15.3 Å². The van der Waals surface area contributed by atoms with E-state index in [2.05, 4.69) is 0 Å². The van der Waals surface area contributed by atoms with Crippen molar-refractivity contribution in [3.63, 3.8) is 0 Å². The van der Waals surface area contributed by atoms with Crippen LogP contribution in [-0.2, 0) is 10.0 Å². The van der Waals surface area contributed by atoms with Gasteiger partial charge in [0.2, 0.25) is 10.0 Å². The Hall–Kier alpha value is -1.47. The van der Waals surface area contributed by atoms with Gasteiger partial charge in [-0.2, -0.15) is 4.31 Å². The molecule has 1 saturated heterocycles. The molecule has 1 aliphatic rings. The first-order valence-corrected chi connectivity index (χ1v) is 8.15. The summed E-state index contributed by atoms with van der Waals surface area (Å²) in [5, 5.41) is 0. The average molecular weight is 300 g/mol. The zero-order valence-corrected chi connectivity index (χ0v) is 12.3. The Balaban J connectivity index is 2.11. The number of benzene rings is 1. The van der Waals surface area contributed by atoms with Crippen LogP contribution in [0.15, 0.2) is 18.2 Å². The lowest BCUT2D eigenvalue weighted by molar-refractivity contribution is 0.0693. The van der Waals surface area contributed by atoms with E-state index in [-0.39, 0.29) is 37.6 Å². The predicted octanol–water partition coefficient (Wildman–Crippen LogP) is 0.852. The number of carbonyl (C=O) groups excluding carboxylic acids is 1. The Labute approximate surface area is 118 Å². The van der Waals surface area contributed by atoms with Crippen molar-refractivity contribution in [3.05, 3.63) is 35.1 Å². The first-order chi connectivity index (χ1) is 9.30. The third kappa shape index (κ3) is 2.99. The van der Waals surface area contributed by atoms with Crippen molar-refractivity contribution in [1.82, 2.24) is 9.21 Å². The van der Waals surface area contributed by atoms with E-state index >= 15 is 0 Å². The van der Waals surface area contributed by atoms with E-state index in [1.54, 1.807) is 19.1 Å². The summed E-state index contributed by atoms with van der Waals surface area (Å²) in [4.78, 5) is 13.7. The smallest absolute Gasteiger partial charge is 0.256 e. The molecule has 5 nitrogen and oxygen atoms in total. The topological polar surface area (TPSA) is 57.7 Å². The van der Waals surface area contributed by atoms with Crippen molar-refractivity contribution >= 4 is 15.9 Å². The van der Waals surface area contributed by atoms with Gasteiger partial charge in [-0.3, -0.25) is 4.79 Å². The number of sulfonamides is 1. The first kappa shape index (κ1) is 14.9. The van der Waals surface area contributed by atoms with Crippen LogP contribution in [0.25, 0.3) is 0 Å². The number of nitrogens with zero attached hydrogens (tertiary/aromatic N) is 2. The van der Waals surface area contributed by atoms with Gasteiger partial charge in [-0.1, -0.05) is 12.1 Å². The molecule has 0 atom stereocenters. The summed E-state index contributed by atoms with van der Waals surface area (Å²) in [6.45, 7) is 2.66. The highest BCUT2D eigenvalue weighted by molar-refractivity contribution is 7.88. The van der Waals surface area contributed by atoms with E-state index in [0.717, 1.165) is 6.26 Å². The van der Waals surface area contributed by atoms with Gasteiger partial charge in [0, 0.05) is 26.2 Å². The molecule has 0 N–H and O–H groups in total. The number of piperazine rings is 1. The molecule has 2 rings (SSSR count). The molecule has 1 heterocycles. The molecular weight excluding hydrogens is 283 g/mol. The predicted molar refractivity (Wildman–Crippen MR) is 73.5 cm³/mol. The third-order valence-electron chi connectivity index (χ3n) is 3.42. The van der Waals surface area contributed by atoms with Crippen LogP contribution in [0.4, 0.5) is 4.39 Å². The lowest BCUT2D eigenvalue weighted by Gasteiger charge is -2.33. The molecule has 0 aromatic heterocycles. The highest BCUT2D eigenvalue weighted by atomic mass is 32.2. The Morgan fingerprint density at radius 1 is 1.20 bits per heavy atom. The zero-order valence-electron chi connectivity index (χ0n) is 11.5. The summed E-state index contributed by atoms with van der Waals surface area (Å²) in [5.74, 6) is -0.901. The number of aryl methyl sites for hydroxylation is 1. The monoisotopic (exact) mass is 300 g/mol. The molecule has 0 radical (unpaired) electrons. The second-order valence-corrected chi connectivity index (χ2v) is 6.87. The largest absolute Gasteiger partial charge is 0.336 e. The normalized spacial score (nSPS) is 17.2. The number of halogens is 1. The van der Waals surface area contributed by atoms with Crippen LogP contribution in [0.1, 0.15) is 15.9 Å². The molecule has 0 unspecified atom stereocenters. The minimum atomic E-state index is -3.23. The maximum atomic E-state index is 13.9. The molecular formula is C13H17FN2O3S. The quantitative estimate of drug-likeness (QED) is 0.813. The summed E-state index contributed by atoms with van der Waals surface area (Å²) >= 11 is 0. The van der Waals surface area contributed by atoms with Gasteiger partial charge in [0.15, 0.2) is 0 Å². The van der Waals surface area contributed by atoms with Crippen LogP contribution in [0, 0.1) is 12.7 Å². The van der Waals surface area contributed by atoms with Crippen molar-refractivity contribution in [1.29, 1.82) is 0 Å². The minimum absolute atomic E-state index is 0.0396. The van der Waals surface area contributed by atoms with Crippen molar-refractivity contribution in [2.75, 3.05) is 32.4 Å². The van der Waals surface area contributed by atoms with Crippen LogP contribution in [0.5, 0.6) is 0 Å². The number of carbonyl (C=O) groups is 1. The minimum Gasteiger partial charge on any atom is -0.336 e. The highest BCUT2D eigenvalue weighted by Gasteiger charge is 2.27. The van der Waals surface area contributed by atoms with Crippen LogP contribution in [0.3, 0.4) is 0 Å². The van der Waals surface area contributed by atoms with Gasteiger partial charge in [-0.25, -0.2) is 12.8 Å². The van der Waals surface area contributed by atoms with Gasteiger partial charge in [0.25, 0.3) is 5.91 Å². The first-order valence-electron chi connectivity index (χ1n) is 6.30. The molecule has 1 aromatic rings. The molecule has 1 aromatic carbocycles. The average Bonchev–Trinajstić information content (AvgIpc) is 2.40. The molecule has 1 fully saturated rings. The van der Waals surface area contributed by atoms with Crippen LogP contribution >= 0.6 is 0 Å². The molecule has 20 heavy (non-hydrogen) atoms. The van der Waals surface area contributed by atoms with E-state index in [0.29, 0.717) is 5.56 Å². The molecule has 1 amide bonds. The maximum Gasteiger partial charge on any atom is 0.256 e. The lowest BCUT2D eigenvalue weighted by Crippen LogP contribution is -2.50. The molecule has 110 valence electrons. The van der Waals surface area contributed by atoms with Crippen molar-refractivity contribution in [3.8, 4) is 0 Å². The van der Waals surface area contributed by atoms with E-state index in [4.69, 9.17) is 0 Å². The number of amides is 1. The summed E-state index contributed by atoms with van der Waals surface area (Å²) in [6, 6.07) is 4.69. The third-order valence-corrected chi connectivity index (χ3v) is 4.72. The Morgan fingerprint density at radius 2 is 1.80 bits per heavy atom. The van der Waals surface area contributed by atoms with Crippen LogP contribution in [0.2, 0.25) is 0 Å². The fraction of sp³-hybridized carbons (Fsp3) is 0.462. The number of hydrogen-bond donors (Lipinski definition) is 0. The summed E-state index contributed by atoms with van der Waals surface area (Å²) in [5.41, 5.74) is 0.462. The fourth-order valence-corrected chi connectivity index (χ4v) is 3.03. The van der Waals surface area contributed by atoms with Gasteiger partial charge in [0.1, 0.15) is 5.82 Å². The van der Waals surface area contributed by atoms with Crippen molar-refractivity contribution in [2.24, 2.45) is 0 Å². The summed E-state index contributed by atoms with van der Waals surface area (Å²) < 4.78 is 38.0. The van der Waals surface area contributed by atoms with Gasteiger partial charge < -0.3 is 4.90 Å². The Morgan fingerprint density at radius 3 is 2.35 bits per heavy atom. The standard InChI is InChI=1S/C13H17FN2O3S/c1-10-4-3-5-11(12(10)14)13(17)15-6-8-16(9-7-15)20(2,18)19/h3-5H,6-9H2,1-2H3. The SMILES string of the molecule is Cc1cccc(C(=O)N2CCN(S(C)(=O)=O)CC2)c1F. The fourth-order valence-electron chi connectivity index (χ4n) is 2.21. The lowest BCUT2D eigenvalue weighted by atomic mass is 10.1. The molecule has 0 spiro atoms. The second-order valence-electron chi connectivity index (χ2n) is 4.89. The van der Waals surface area contributed by atoms with Gasteiger partial charge in [-0.05, 0) is 18.6 Å². The molecule has 7 heteroatoms. The second kappa shape index (κ2) is 5.49. The zero-order chi connectivity index (χ0) is 14.9. The Bertz CT molecular complexity index is 623. The van der Waals surface area contributed by atoms with Gasteiger partial charge in [0.05, 0.1) is 11.8 Å². The number of rotatable bonds is 2. The number of hydrogen-bond acceptors (Lipinski definition) is 3. The molecule has 0 aliphatic carbocycles. The van der Waals surface area contributed by atoms with Gasteiger partial charge in [-0.15, -0.1) is 0 Å². The Kier molecular flexibility index (Phi) is 4.10. The molecule has 0 bridgehead atoms. The summed E-state index contributed by atoms with van der Waals surface area (Å²) in [6.07, 6.45) is 1.14. The molecule has 0 saturated carbocycles. The highest BCUT2D eigenvalue weighted by Crippen LogP contribution is 2.16. The van der Waals surface area contributed by atoms with E-state index in [9.17, 15) is 17.6 Å².